The van der Waals surface area contributed by atoms with Gasteiger partial charge in [0.25, 0.3) is 0 Å². The monoisotopic (exact) mass is 811 g/mol. The number of aromatic nitrogens is 2. The average molecular weight is 812 g/mol. The molecular weight excluding hydrogens is 755 g/mol. The number of nitrogens with zero attached hydrogens (tertiary/aromatic N) is 2. The number of hydrogen-bond donors (Lipinski definition) is 1. The van der Waals surface area contributed by atoms with Crippen LogP contribution in [0.1, 0.15) is 120 Å². The van der Waals surface area contributed by atoms with Crippen LogP contribution in [0.4, 0.5) is 19.4 Å². The van der Waals surface area contributed by atoms with Crippen molar-refractivity contribution in [2.24, 2.45) is 10.8 Å². The van der Waals surface area contributed by atoms with E-state index in [-0.39, 0.29) is 12.2 Å². The molecule has 3 atom stereocenters. The van der Waals surface area contributed by atoms with Crippen LogP contribution in [0.2, 0.25) is 0 Å². The molecule has 1 aromatic rings. The van der Waals surface area contributed by atoms with Gasteiger partial charge in [-0.3, -0.25) is 28.8 Å². The third-order valence-corrected chi connectivity index (χ3v) is 8.79. The highest BCUT2D eigenvalue weighted by Crippen LogP contribution is 2.52. The Balaban J connectivity index is 2.37. The Bertz CT molecular complexity index is 1530. The van der Waals surface area contributed by atoms with E-state index in [1.807, 2.05) is 0 Å². The Hall–Kier alpha value is -3.51. The Morgan fingerprint density at radius 1 is 0.891 bits per heavy atom. The van der Waals surface area contributed by atoms with E-state index < -0.39 is 98.5 Å². The predicted octanol–water partition coefficient (Wildman–Crippen LogP) is 7.04. The summed E-state index contributed by atoms with van der Waals surface area (Å²) in [6, 6.07) is 1.04. The molecule has 0 radical (unpaired) electrons. The number of amides is 1. The van der Waals surface area contributed by atoms with E-state index in [2.05, 4.69) is 17.2 Å². The minimum absolute atomic E-state index is 0.202. The van der Waals surface area contributed by atoms with Gasteiger partial charge in [0.05, 0.1) is 17.4 Å². The molecule has 2 unspecified atom stereocenters. The van der Waals surface area contributed by atoms with Crippen LogP contribution in [-0.4, -0.2) is 77.5 Å². The fourth-order valence-corrected chi connectivity index (χ4v) is 5.48. The maximum absolute atomic E-state index is 16.2. The van der Waals surface area contributed by atoms with E-state index in [0.29, 0.717) is 17.4 Å². The van der Waals surface area contributed by atoms with Crippen molar-refractivity contribution in [3.8, 4) is 0 Å². The van der Waals surface area contributed by atoms with Gasteiger partial charge in [-0.2, -0.15) is 13.8 Å². The Labute approximate surface area is 320 Å². The van der Waals surface area contributed by atoms with Crippen molar-refractivity contribution in [2.75, 3.05) is 25.5 Å². The summed E-state index contributed by atoms with van der Waals surface area (Å²) in [4.78, 5) is 66.2. The lowest BCUT2D eigenvalue weighted by Crippen LogP contribution is -2.44. The van der Waals surface area contributed by atoms with Crippen LogP contribution in [0.25, 0.3) is 0 Å². The first kappa shape index (κ1) is 47.6. The molecule has 0 aliphatic carbocycles. The topological polar surface area (TPSA) is 206 Å². The largest absolute Gasteiger partial charge is 0.480 e. The number of phosphoric ester groups is 1. The number of unbranched alkanes of at least 4 members (excludes halogenated alkanes) is 5. The quantitative estimate of drug-likeness (QED) is 0.0489. The minimum atomic E-state index is -4.91. The van der Waals surface area contributed by atoms with E-state index in [1.54, 1.807) is 62.3 Å². The number of carbonyl (C=O) groups is 4. The van der Waals surface area contributed by atoms with Crippen LogP contribution in [0.5, 0.6) is 0 Å². The zero-order valence-electron chi connectivity index (χ0n) is 33.3. The number of nitrogens with one attached hydrogen (secondary N) is 1. The molecule has 20 heteroatoms. The highest BCUT2D eigenvalue weighted by molar-refractivity contribution is 7.48. The summed E-state index contributed by atoms with van der Waals surface area (Å²) in [6.45, 7) is 13.1. The summed E-state index contributed by atoms with van der Waals surface area (Å²) in [6.07, 6.45) is -2.20. The molecule has 1 N–H and O–H groups in total. The van der Waals surface area contributed by atoms with E-state index in [0.717, 1.165) is 37.9 Å². The first-order chi connectivity index (χ1) is 25.3. The second-order valence-corrected chi connectivity index (χ2v) is 17.5. The van der Waals surface area contributed by atoms with Crippen molar-refractivity contribution in [1.82, 2.24) is 9.55 Å². The molecule has 0 saturated carbocycles. The number of alkyl halides is 2. The molecule has 55 heavy (non-hydrogen) atoms. The van der Waals surface area contributed by atoms with Crippen molar-refractivity contribution < 1.29 is 69.8 Å². The number of rotatable bonds is 19. The summed E-state index contributed by atoms with van der Waals surface area (Å²) in [5.74, 6) is -6.94. The average Bonchev–Trinajstić information content (AvgIpc) is 3.28. The van der Waals surface area contributed by atoms with Gasteiger partial charge in [0.15, 0.2) is 6.10 Å². The van der Waals surface area contributed by atoms with Crippen LogP contribution in [0, 0.1) is 10.8 Å². The summed E-state index contributed by atoms with van der Waals surface area (Å²) >= 11 is 0. The highest BCUT2D eigenvalue weighted by Gasteiger charge is 2.63. The van der Waals surface area contributed by atoms with E-state index in [9.17, 15) is 28.5 Å². The van der Waals surface area contributed by atoms with Gasteiger partial charge in [0.2, 0.25) is 19.8 Å². The van der Waals surface area contributed by atoms with E-state index in [1.165, 1.54) is 0 Å². The zero-order valence-corrected chi connectivity index (χ0v) is 34.2. The van der Waals surface area contributed by atoms with Crippen LogP contribution < -0.4 is 11.0 Å². The molecule has 17 nitrogen and oxygen atoms in total. The van der Waals surface area contributed by atoms with Crippen molar-refractivity contribution in [2.45, 2.75) is 144 Å². The van der Waals surface area contributed by atoms with Crippen molar-refractivity contribution in [1.29, 1.82) is 0 Å². The molecule has 0 bridgehead atoms. The van der Waals surface area contributed by atoms with Gasteiger partial charge in [-0.1, -0.05) is 39.0 Å². The third-order valence-electron chi connectivity index (χ3n) is 7.48. The van der Waals surface area contributed by atoms with Crippen molar-refractivity contribution in [3.05, 3.63) is 22.7 Å². The lowest BCUT2D eigenvalue weighted by atomic mass is 9.98. The minimum Gasteiger partial charge on any atom is -0.453 e. The first-order valence-electron chi connectivity index (χ1n) is 18.0. The van der Waals surface area contributed by atoms with Gasteiger partial charge in [0, 0.05) is 12.6 Å². The Morgan fingerprint density at radius 3 is 1.95 bits per heavy atom. The van der Waals surface area contributed by atoms with Crippen LogP contribution >= 0.6 is 7.82 Å². The second kappa shape index (κ2) is 20.1. The summed E-state index contributed by atoms with van der Waals surface area (Å²) in [5, 5.41) is 2.23. The number of esters is 3. The summed E-state index contributed by atoms with van der Waals surface area (Å²) in [5.41, 5.74) is -4.14. The Kier molecular flexibility index (Phi) is 17.4. The standard InChI is InChI=1S/C35H56F2N3O14P/c1-11-12-13-14-15-16-17-25(41)53-26-23(20-49-55(46,50-21-47-28(42)32(2,3)4)51-22-48-29(43)33(5,6)7)52-27(35(26,36)37)40-19-18-24(38-30(40)44)39-31(45)54-34(8,9)10/h18-19,23,26-27H,11-17,20-22H2,1-10H3,(H,38,39,44,45)/t23?,26-,27?/m1/s1. The number of ether oxygens (including phenoxy) is 5. The Morgan fingerprint density at radius 2 is 1.44 bits per heavy atom. The first-order valence-corrected chi connectivity index (χ1v) is 19.4. The number of carbonyl (C=O) groups excluding carboxylic acids is 4. The molecule has 1 amide bonds. The SMILES string of the molecule is CCCCCCCCC(=O)O[C@@H]1C(COP(=O)(OCOC(=O)C(C)(C)C)OCOC(=O)C(C)(C)C)OC(n2ccc(NC(=O)OC(C)(C)C)nc2=O)C1(F)F. The third kappa shape index (κ3) is 15.9. The molecule has 0 spiro atoms. The summed E-state index contributed by atoms with van der Waals surface area (Å²) in [7, 11) is -4.91. The molecule has 1 aromatic heterocycles. The molecule has 314 valence electrons. The maximum Gasteiger partial charge on any atom is 0.480 e. The van der Waals surface area contributed by atoms with Crippen LogP contribution in [-0.2, 0) is 56.2 Å². The smallest absolute Gasteiger partial charge is 0.453 e. The number of phosphoric acid groups is 1. The molecule has 1 saturated heterocycles. The lowest BCUT2D eigenvalue weighted by molar-refractivity contribution is -0.176. The molecule has 1 aliphatic rings. The molecular formula is C35H56F2N3O14P. The molecule has 2 rings (SSSR count). The van der Waals surface area contributed by atoms with Crippen molar-refractivity contribution >= 4 is 37.6 Å². The van der Waals surface area contributed by atoms with E-state index in [4.69, 9.17) is 37.3 Å². The van der Waals surface area contributed by atoms with Gasteiger partial charge in [-0.15, -0.1) is 0 Å². The van der Waals surface area contributed by atoms with Gasteiger partial charge in [-0.25, -0.2) is 23.2 Å². The maximum atomic E-state index is 16.2. The van der Waals surface area contributed by atoms with Gasteiger partial charge in [0.1, 0.15) is 17.5 Å². The normalized spacial score (nSPS) is 18.7. The number of hydrogen-bond acceptors (Lipinski definition) is 15. The molecule has 1 aliphatic heterocycles. The van der Waals surface area contributed by atoms with Gasteiger partial charge in [-0.05, 0) is 74.8 Å². The van der Waals surface area contributed by atoms with E-state index >= 15 is 8.78 Å². The number of anilines is 1. The lowest BCUT2D eigenvalue weighted by Gasteiger charge is -2.25. The zero-order chi connectivity index (χ0) is 41.8. The number of halogens is 2. The van der Waals surface area contributed by atoms with Crippen LogP contribution in [0.15, 0.2) is 17.1 Å². The fourth-order valence-electron chi connectivity index (χ4n) is 4.57. The van der Waals surface area contributed by atoms with Gasteiger partial charge < -0.3 is 23.7 Å². The van der Waals surface area contributed by atoms with Crippen molar-refractivity contribution in [3.63, 3.8) is 0 Å². The molecule has 2 heterocycles. The molecule has 1 fully saturated rings. The second-order valence-electron chi connectivity index (χ2n) is 15.9. The fraction of sp³-hybridized carbons (Fsp3) is 0.771. The van der Waals surface area contributed by atoms with Crippen LogP contribution in [0.3, 0.4) is 0 Å². The summed E-state index contributed by atoms with van der Waals surface area (Å²) < 4.78 is 87.9. The predicted molar refractivity (Wildman–Crippen MR) is 192 cm³/mol. The van der Waals surface area contributed by atoms with Gasteiger partial charge >= 0.3 is 43.4 Å². The molecule has 0 aromatic carbocycles. The highest BCUT2D eigenvalue weighted by atomic mass is 31.2.